The molecule has 0 aromatic carbocycles. The third-order valence-corrected chi connectivity index (χ3v) is 4.12. The molecular formula is C7H12Br2O2. The molecule has 1 aliphatic rings. The van der Waals surface area contributed by atoms with E-state index in [0.29, 0.717) is 18.0 Å². The first kappa shape index (κ1) is 9.96. The quantitative estimate of drug-likeness (QED) is 0.723. The zero-order chi connectivity index (χ0) is 8.27. The summed E-state index contributed by atoms with van der Waals surface area (Å²) in [6.07, 6.45) is 0.451. The van der Waals surface area contributed by atoms with Crippen LogP contribution in [0.3, 0.4) is 0 Å². The molecule has 0 bridgehead atoms. The van der Waals surface area contributed by atoms with Gasteiger partial charge in [0.2, 0.25) is 0 Å². The standard InChI is InChI=1S/C7H12Br2O2/c1-5-3-11-7(4-10-5)6(9)2-8/h5-7H,2-4H2,1H3. The number of rotatable bonds is 2. The van der Waals surface area contributed by atoms with Gasteiger partial charge < -0.3 is 9.47 Å². The van der Waals surface area contributed by atoms with Crippen LogP contribution in [0.5, 0.6) is 0 Å². The van der Waals surface area contributed by atoms with Crippen LogP contribution in [-0.4, -0.2) is 35.6 Å². The molecule has 1 fully saturated rings. The van der Waals surface area contributed by atoms with Gasteiger partial charge in [0.15, 0.2) is 0 Å². The maximum Gasteiger partial charge on any atom is 0.0942 e. The Morgan fingerprint density at radius 2 is 2.18 bits per heavy atom. The fourth-order valence-corrected chi connectivity index (χ4v) is 1.64. The minimum absolute atomic E-state index is 0.200. The first-order valence-electron chi connectivity index (χ1n) is 3.67. The van der Waals surface area contributed by atoms with Crippen LogP contribution in [0.25, 0.3) is 0 Å². The van der Waals surface area contributed by atoms with Gasteiger partial charge >= 0.3 is 0 Å². The summed E-state index contributed by atoms with van der Waals surface area (Å²) in [5.74, 6) is 0. The van der Waals surface area contributed by atoms with Crippen LogP contribution in [0.1, 0.15) is 6.92 Å². The number of alkyl halides is 2. The summed E-state index contributed by atoms with van der Waals surface area (Å²) in [6, 6.07) is 0. The Labute approximate surface area is 83.9 Å². The van der Waals surface area contributed by atoms with E-state index in [4.69, 9.17) is 9.47 Å². The van der Waals surface area contributed by atoms with E-state index in [1.807, 2.05) is 6.92 Å². The Hall–Kier alpha value is 0.880. The molecule has 4 heteroatoms. The lowest BCUT2D eigenvalue weighted by atomic mass is 10.2. The van der Waals surface area contributed by atoms with Gasteiger partial charge in [-0.1, -0.05) is 31.9 Å². The molecule has 0 saturated carbocycles. The largest absolute Gasteiger partial charge is 0.373 e. The van der Waals surface area contributed by atoms with Crippen molar-refractivity contribution >= 4 is 31.9 Å². The van der Waals surface area contributed by atoms with E-state index in [2.05, 4.69) is 31.9 Å². The monoisotopic (exact) mass is 286 g/mol. The van der Waals surface area contributed by atoms with Crippen LogP contribution in [0, 0.1) is 0 Å². The average molecular weight is 288 g/mol. The molecule has 11 heavy (non-hydrogen) atoms. The van der Waals surface area contributed by atoms with Gasteiger partial charge in [-0.15, -0.1) is 0 Å². The van der Waals surface area contributed by atoms with Crippen LogP contribution >= 0.6 is 31.9 Å². The van der Waals surface area contributed by atoms with Crippen molar-refractivity contribution in [1.29, 1.82) is 0 Å². The van der Waals surface area contributed by atoms with E-state index in [9.17, 15) is 0 Å². The van der Waals surface area contributed by atoms with Gasteiger partial charge in [-0.2, -0.15) is 0 Å². The molecule has 0 aromatic rings. The minimum Gasteiger partial charge on any atom is -0.373 e. The highest BCUT2D eigenvalue weighted by Crippen LogP contribution is 2.17. The van der Waals surface area contributed by atoms with Crippen molar-refractivity contribution in [2.24, 2.45) is 0 Å². The van der Waals surface area contributed by atoms with E-state index in [-0.39, 0.29) is 12.2 Å². The van der Waals surface area contributed by atoms with E-state index in [1.54, 1.807) is 0 Å². The Bertz CT molecular complexity index is 113. The highest BCUT2D eigenvalue weighted by Gasteiger charge is 2.24. The number of hydrogen-bond donors (Lipinski definition) is 0. The first-order chi connectivity index (χ1) is 5.24. The molecular weight excluding hydrogens is 276 g/mol. The minimum atomic E-state index is 0.200. The third-order valence-electron chi connectivity index (χ3n) is 1.64. The molecule has 0 N–H and O–H groups in total. The Morgan fingerprint density at radius 3 is 2.64 bits per heavy atom. The van der Waals surface area contributed by atoms with Crippen molar-refractivity contribution in [3.8, 4) is 0 Å². The van der Waals surface area contributed by atoms with Crippen molar-refractivity contribution in [3.63, 3.8) is 0 Å². The Kier molecular flexibility index (Phi) is 4.34. The van der Waals surface area contributed by atoms with E-state index < -0.39 is 0 Å². The zero-order valence-corrected chi connectivity index (χ0v) is 9.60. The van der Waals surface area contributed by atoms with Gasteiger partial charge in [-0.05, 0) is 6.92 Å². The van der Waals surface area contributed by atoms with E-state index in [1.165, 1.54) is 0 Å². The summed E-state index contributed by atoms with van der Waals surface area (Å²) >= 11 is 6.89. The molecule has 0 aliphatic carbocycles. The van der Waals surface area contributed by atoms with Crippen molar-refractivity contribution in [3.05, 3.63) is 0 Å². The fourth-order valence-electron chi connectivity index (χ4n) is 0.923. The summed E-state index contributed by atoms with van der Waals surface area (Å²) in [4.78, 5) is 0.356. The van der Waals surface area contributed by atoms with Crippen LogP contribution in [0.4, 0.5) is 0 Å². The number of halogens is 2. The van der Waals surface area contributed by atoms with Gasteiger partial charge in [0.1, 0.15) is 0 Å². The predicted octanol–water partition coefficient (Wildman–Crippen LogP) is 1.95. The van der Waals surface area contributed by atoms with Gasteiger partial charge in [-0.25, -0.2) is 0 Å². The second kappa shape index (κ2) is 4.80. The molecule has 1 saturated heterocycles. The summed E-state index contributed by atoms with van der Waals surface area (Å²) < 4.78 is 11.0. The molecule has 0 spiro atoms. The molecule has 3 unspecified atom stereocenters. The Morgan fingerprint density at radius 1 is 1.45 bits per heavy atom. The third kappa shape index (κ3) is 3.01. The molecule has 66 valence electrons. The summed E-state index contributed by atoms with van der Waals surface area (Å²) in [6.45, 7) is 3.43. The molecule has 1 rings (SSSR count). The summed E-state index contributed by atoms with van der Waals surface area (Å²) in [7, 11) is 0. The lowest BCUT2D eigenvalue weighted by molar-refractivity contribution is -0.123. The second-order valence-corrected chi connectivity index (χ2v) is 4.51. The van der Waals surface area contributed by atoms with Crippen molar-refractivity contribution in [1.82, 2.24) is 0 Å². The summed E-state index contributed by atoms with van der Waals surface area (Å²) in [5, 5.41) is 0.898. The van der Waals surface area contributed by atoms with E-state index in [0.717, 1.165) is 5.33 Å². The summed E-state index contributed by atoms with van der Waals surface area (Å²) in [5.41, 5.74) is 0. The first-order valence-corrected chi connectivity index (χ1v) is 5.71. The molecule has 2 nitrogen and oxygen atoms in total. The lowest BCUT2D eigenvalue weighted by Crippen LogP contribution is -2.39. The highest BCUT2D eigenvalue weighted by molar-refractivity contribution is 9.12. The topological polar surface area (TPSA) is 18.5 Å². The average Bonchev–Trinajstić information content (AvgIpc) is 2.05. The predicted molar refractivity (Wildman–Crippen MR) is 51.7 cm³/mol. The van der Waals surface area contributed by atoms with Crippen molar-refractivity contribution in [2.75, 3.05) is 18.5 Å². The van der Waals surface area contributed by atoms with Crippen LogP contribution in [0.15, 0.2) is 0 Å². The van der Waals surface area contributed by atoms with Gasteiger partial charge in [0, 0.05) is 5.33 Å². The maximum atomic E-state index is 5.54. The zero-order valence-electron chi connectivity index (χ0n) is 6.43. The second-order valence-electron chi connectivity index (χ2n) is 2.69. The molecule has 0 amide bonds. The van der Waals surface area contributed by atoms with Crippen LogP contribution < -0.4 is 0 Å². The van der Waals surface area contributed by atoms with Crippen LogP contribution in [-0.2, 0) is 9.47 Å². The van der Waals surface area contributed by atoms with Gasteiger partial charge in [-0.3, -0.25) is 0 Å². The molecule has 3 atom stereocenters. The Balaban J connectivity index is 2.27. The lowest BCUT2D eigenvalue weighted by Gasteiger charge is -2.29. The molecule has 0 radical (unpaired) electrons. The SMILES string of the molecule is CC1COC(C(Br)CBr)CO1. The van der Waals surface area contributed by atoms with Gasteiger partial charge in [0.25, 0.3) is 0 Å². The van der Waals surface area contributed by atoms with Crippen molar-refractivity contribution in [2.45, 2.75) is 24.0 Å². The van der Waals surface area contributed by atoms with Crippen LogP contribution in [0.2, 0.25) is 0 Å². The van der Waals surface area contributed by atoms with Crippen molar-refractivity contribution < 1.29 is 9.47 Å². The molecule has 0 aromatic heterocycles. The van der Waals surface area contributed by atoms with Gasteiger partial charge in [0.05, 0.1) is 30.2 Å². The smallest absolute Gasteiger partial charge is 0.0942 e. The highest BCUT2D eigenvalue weighted by atomic mass is 79.9. The number of ether oxygens (including phenoxy) is 2. The fraction of sp³-hybridized carbons (Fsp3) is 1.00. The maximum absolute atomic E-state index is 5.54. The number of hydrogen-bond acceptors (Lipinski definition) is 2. The molecule has 1 heterocycles. The molecule has 1 aliphatic heterocycles. The normalized spacial score (nSPS) is 35.2. The van der Waals surface area contributed by atoms with E-state index >= 15 is 0 Å².